The summed E-state index contributed by atoms with van der Waals surface area (Å²) in [6, 6.07) is 0. The molecular formula is C10H16. The van der Waals surface area contributed by atoms with Crippen molar-refractivity contribution in [1.29, 1.82) is 0 Å². The quantitative estimate of drug-likeness (QED) is 0.449. The molecule has 0 heteroatoms. The summed E-state index contributed by atoms with van der Waals surface area (Å²) in [7, 11) is 0. The molecule has 0 N–H and O–H groups in total. The van der Waals surface area contributed by atoms with Gasteiger partial charge in [-0.1, -0.05) is 20.8 Å². The summed E-state index contributed by atoms with van der Waals surface area (Å²) in [4.78, 5) is 0. The Labute approximate surface area is 64.0 Å². The summed E-state index contributed by atoms with van der Waals surface area (Å²) >= 11 is 0. The Morgan fingerprint density at radius 3 is 2.20 bits per heavy atom. The fourth-order valence-corrected chi connectivity index (χ4v) is 1.37. The Bertz CT molecular complexity index is 161. The lowest BCUT2D eigenvalue weighted by Gasteiger charge is -2.30. The predicted molar refractivity (Wildman–Crippen MR) is 44.6 cm³/mol. The summed E-state index contributed by atoms with van der Waals surface area (Å²) in [5, 5.41) is 0. The molecule has 0 aromatic carbocycles. The first-order valence-corrected chi connectivity index (χ1v) is 4.06. The van der Waals surface area contributed by atoms with E-state index >= 15 is 0 Å². The van der Waals surface area contributed by atoms with E-state index < -0.39 is 0 Å². The van der Waals surface area contributed by atoms with Gasteiger partial charge in [-0.3, -0.25) is 0 Å². The summed E-state index contributed by atoms with van der Waals surface area (Å²) in [5.41, 5.74) is 0.467. The van der Waals surface area contributed by atoms with E-state index in [-0.39, 0.29) is 0 Å². The average Bonchev–Trinajstić information content (AvgIpc) is 1.88. The molecule has 1 aliphatic rings. The third-order valence-electron chi connectivity index (χ3n) is 2.32. The van der Waals surface area contributed by atoms with Crippen LogP contribution in [0, 0.1) is 23.2 Å². The zero-order valence-corrected chi connectivity index (χ0v) is 7.20. The second-order valence-corrected chi connectivity index (χ2v) is 4.16. The van der Waals surface area contributed by atoms with Crippen LogP contribution >= 0.6 is 0 Å². The van der Waals surface area contributed by atoms with Gasteiger partial charge in [0.15, 0.2) is 0 Å². The van der Waals surface area contributed by atoms with Crippen LogP contribution in [0.25, 0.3) is 0 Å². The van der Waals surface area contributed by atoms with E-state index in [1.807, 2.05) is 0 Å². The largest absolute Gasteiger partial charge is 0.103 e. The molecule has 10 heavy (non-hydrogen) atoms. The Hall–Kier alpha value is -0.440. The molecule has 0 fully saturated rings. The van der Waals surface area contributed by atoms with Crippen LogP contribution in [0.4, 0.5) is 0 Å². The van der Waals surface area contributed by atoms with Gasteiger partial charge in [0, 0.05) is 12.8 Å². The summed E-state index contributed by atoms with van der Waals surface area (Å²) in [5.74, 6) is 7.16. The molecule has 0 nitrogen and oxygen atoms in total. The van der Waals surface area contributed by atoms with Gasteiger partial charge in [-0.15, -0.1) is 11.8 Å². The maximum atomic E-state index is 3.19. The maximum absolute atomic E-state index is 3.19. The van der Waals surface area contributed by atoms with E-state index in [4.69, 9.17) is 0 Å². The number of hydrogen-bond donors (Lipinski definition) is 0. The number of rotatable bonds is 0. The fourth-order valence-electron chi connectivity index (χ4n) is 1.37. The molecule has 0 heterocycles. The van der Waals surface area contributed by atoms with Crippen molar-refractivity contribution in [2.24, 2.45) is 11.3 Å². The van der Waals surface area contributed by atoms with Crippen molar-refractivity contribution in [3.63, 3.8) is 0 Å². The van der Waals surface area contributed by atoms with Crippen molar-refractivity contribution < 1.29 is 0 Å². The molecule has 0 saturated heterocycles. The van der Waals surface area contributed by atoms with E-state index in [9.17, 15) is 0 Å². The first kappa shape index (κ1) is 7.66. The van der Waals surface area contributed by atoms with E-state index in [2.05, 4.69) is 32.6 Å². The van der Waals surface area contributed by atoms with E-state index in [0.717, 1.165) is 18.8 Å². The average molecular weight is 136 g/mol. The Kier molecular flexibility index (Phi) is 2.04. The topological polar surface area (TPSA) is 0 Å². The maximum Gasteiger partial charge on any atom is 0.0122 e. The highest BCUT2D eigenvalue weighted by molar-refractivity contribution is 5.05. The summed E-state index contributed by atoms with van der Waals surface area (Å²) in [6.07, 6.45) is 3.53. The zero-order valence-electron chi connectivity index (χ0n) is 7.20. The first-order valence-electron chi connectivity index (χ1n) is 4.06. The fraction of sp³-hybridized carbons (Fsp3) is 0.800. The minimum Gasteiger partial charge on any atom is -0.103 e. The van der Waals surface area contributed by atoms with E-state index in [0.29, 0.717) is 5.41 Å². The smallest absolute Gasteiger partial charge is 0.0122 e. The Morgan fingerprint density at radius 1 is 1.20 bits per heavy atom. The monoisotopic (exact) mass is 136 g/mol. The lowest BCUT2D eigenvalue weighted by atomic mass is 9.75. The molecule has 1 atom stereocenters. The molecule has 1 unspecified atom stereocenters. The summed E-state index contributed by atoms with van der Waals surface area (Å²) < 4.78 is 0. The van der Waals surface area contributed by atoms with Crippen LogP contribution in [-0.2, 0) is 0 Å². The summed E-state index contributed by atoms with van der Waals surface area (Å²) in [6.45, 7) is 6.93. The molecule has 0 bridgehead atoms. The Morgan fingerprint density at radius 2 is 1.90 bits per heavy atom. The van der Waals surface area contributed by atoms with Gasteiger partial charge >= 0.3 is 0 Å². The SMILES string of the molecule is CC(C)(C)C1CC#CCC1. The lowest BCUT2D eigenvalue weighted by molar-refractivity contribution is 0.229. The predicted octanol–water partition coefficient (Wildman–Crippen LogP) is 2.84. The van der Waals surface area contributed by atoms with Crippen LogP contribution < -0.4 is 0 Å². The van der Waals surface area contributed by atoms with Crippen LogP contribution in [0.1, 0.15) is 40.0 Å². The molecule has 0 radical (unpaired) electrons. The third-order valence-corrected chi connectivity index (χ3v) is 2.32. The van der Waals surface area contributed by atoms with Crippen LogP contribution in [0.3, 0.4) is 0 Å². The van der Waals surface area contributed by atoms with Crippen LogP contribution in [-0.4, -0.2) is 0 Å². The second kappa shape index (κ2) is 2.66. The first-order chi connectivity index (χ1) is 4.61. The van der Waals surface area contributed by atoms with Gasteiger partial charge in [0.05, 0.1) is 0 Å². The van der Waals surface area contributed by atoms with Gasteiger partial charge in [-0.25, -0.2) is 0 Å². The second-order valence-electron chi connectivity index (χ2n) is 4.16. The van der Waals surface area contributed by atoms with E-state index in [1.54, 1.807) is 0 Å². The van der Waals surface area contributed by atoms with Crippen LogP contribution in [0.2, 0.25) is 0 Å². The molecule has 0 aliphatic heterocycles. The van der Waals surface area contributed by atoms with Crippen molar-refractivity contribution in [3.8, 4) is 11.8 Å². The molecular weight excluding hydrogens is 120 g/mol. The normalized spacial score (nSPS) is 25.3. The van der Waals surface area contributed by atoms with Crippen molar-refractivity contribution in [2.75, 3.05) is 0 Å². The molecule has 0 aromatic heterocycles. The zero-order chi connectivity index (χ0) is 7.61. The highest BCUT2D eigenvalue weighted by Gasteiger charge is 2.23. The van der Waals surface area contributed by atoms with Crippen molar-refractivity contribution in [1.82, 2.24) is 0 Å². The molecule has 56 valence electrons. The van der Waals surface area contributed by atoms with Crippen molar-refractivity contribution >= 4 is 0 Å². The minimum absolute atomic E-state index is 0.467. The Balaban J connectivity index is 2.53. The van der Waals surface area contributed by atoms with Gasteiger partial charge < -0.3 is 0 Å². The minimum atomic E-state index is 0.467. The van der Waals surface area contributed by atoms with Gasteiger partial charge in [0.2, 0.25) is 0 Å². The molecule has 1 rings (SSSR count). The number of hydrogen-bond acceptors (Lipinski definition) is 0. The van der Waals surface area contributed by atoms with Crippen molar-refractivity contribution in [2.45, 2.75) is 40.0 Å². The molecule has 0 saturated carbocycles. The van der Waals surface area contributed by atoms with Gasteiger partial charge in [-0.05, 0) is 17.8 Å². The lowest BCUT2D eigenvalue weighted by Crippen LogP contribution is -2.21. The van der Waals surface area contributed by atoms with E-state index in [1.165, 1.54) is 6.42 Å². The molecule has 0 amide bonds. The van der Waals surface area contributed by atoms with Gasteiger partial charge in [-0.2, -0.15) is 0 Å². The van der Waals surface area contributed by atoms with Crippen LogP contribution in [0.15, 0.2) is 0 Å². The molecule has 0 aromatic rings. The molecule has 0 spiro atoms. The third kappa shape index (κ3) is 1.77. The highest BCUT2D eigenvalue weighted by atomic mass is 14.3. The standard InChI is InChI=1S/C10H16/c1-10(2,3)9-7-5-4-6-8-9/h9H,5,7-8H2,1-3H3. The van der Waals surface area contributed by atoms with Crippen molar-refractivity contribution in [3.05, 3.63) is 0 Å². The highest BCUT2D eigenvalue weighted by Crippen LogP contribution is 2.33. The van der Waals surface area contributed by atoms with Crippen LogP contribution in [0.5, 0.6) is 0 Å². The van der Waals surface area contributed by atoms with Gasteiger partial charge in [0.1, 0.15) is 0 Å². The van der Waals surface area contributed by atoms with Gasteiger partial charge in [0.25, 0.3) is 0 Å². The molecule has 1 aliphatic carbocycles.